The Labute approximate surface area is 118 Å². The molecule has 1 aliphatic rings. The summed E-state index contributed by atoms with van der Waals surface area (Å²) in [6.07, 6.45) is 0. The molecule has 0 unspecified atom stereocenters. The predicted octanol–water partition coefficient (Wildman–Crippen LogP) is 3.72. The standard InChI is InChI=1S/C14H20ClNOS/c1-14(2,3)16-7-10-4-5-11(6-13(10)15)18-12-8-17-9-12/h4-6,12,16H,7-9H2,1-3H3. The maximum absolute atomic E-state index is 6.32. The molecule has 1 aliphatic heterocycles. The van der Waals surface area contributed by atoms with Crippen LogP contribution in [0.25, 0.3) is 0 Å². The molecule has 0 bridgehead atoms. The highest BCUT2D eigenvalue weighted by Gasteiger charge is 2.19. The maximum Gasteiger partial charge on any atom is 0.0611 e. The Bertz CT molecular complexity index is 413. The van der Waals surface area contributed by atoms with Gasteiger partial charge < -0.3 is 10.1 Å². The Morgan fingerprint density at radius 3 is 2.61 bits per heavy atom. The summed E-state index contributed by atoms with van der Waals surface area (Å²) in [5.41, 5.74) is 1.26. The fraction of sp³-hybridized carbons (Fsp3) is 0.571. The van der Waals surface area contributed by atoms with E-state index in [2.05, 4.69) is 44.3 Å². The molecular formula is C14H20ClNOS. The van der Waals surface area contributed by atoms with Crippen LogP contribution in [-0.4, -0.2) is 24.0 Å². The van der Waals surface area contributed by atoms with Gasteiger partial charge in [0.15, 0.2) is 0 Å². The van der Waals surface area contributed by atoms with Crippen LogP contribution in [0.4, 0.5) is 0 Å². The van der Waals surface area contributed by atoms with Gasteiger partial charge in [0.2, 0.25) is 0 Å². The second-order valence-electron chi connectivity index (χ2n) is 5.63. The number of nitrogens with one attached hydrogen (secondary N) is 1. The number of ether oxygens (including phenoxy) is 1. The van der Waals surface area contributed by atoms with Gasteiger partial charge in [-0.05, 0) is 38.5 Å². The third kappa shape index (κ3) is 4.16. The van der Waals surface area contributed by atoms with Gasteiger partial charge in [-0.1, -0.05) is 17.7 Å². The zero-order chi connectivity index (χ0) is 13.2. The quantitative estimate of drug-likeness (QED) is 0.911. The Hall–Kier alpha value is -0.220. The molecule has 18 heavy (non-hydrogen) atoms. The maximum atomic E-state index is 6.32. The molecule has 1 aromatic carbocycles. The third-order valence-corrected chi connectivity index (χ3v) is 4.23. The Morgan fingerprint density at radius 1 is 1.39 bits per heavy atom. The average molecular weight is 286 g/mol. The van der Waals surface area contributed by atoms with Crippen LogP contribution in [0.3, 0.4) is 0 Å². The van der Waals surface area contributed by atoms with Crippen molar-refractivity contribution >= 4 is 23.4 Å². The van der Waals surface area contributed by atoms with Crippen molar-refractivity contribution in [2.75, 3.05) is 13.2 Å². The van der Waals surface area contributed by atoms with Crippen molar-refractivity contribution in [1.29, 1.82) is 0 Å². The van der Waals surface area contributed by atoms with Crippen molar-refractivity contribution in [2.45, 2.75) is 43.0 Å². The first-order chi connectivity index (χ1) is 8.44. The zero-order valence-corrected chi connectivity index (χ0v) is 12.7. The molecule has 0 amide bonds. The molecule has 4 heteroatoms. The van der Waals surface area contributed by atoms with Crippen LogP contribution in [0.5, 0.6) is 0 Å². The van der Waals surface area contributed by atoms with Crippen molar-refractivity contribution < 1.29 is 4.74 Å². The second-order valence-corrected chi connectivity index (χ2v) is 7.42. The number of rotatable bonds is 4. The van der Waals surface area contributed by atoms with Crippen molar-refractivity contribution in [2.24, 2.45) is 0 Å². The van der Waals surface area contributed by atoms with Crippen molar-refractivity contribution in [1.82, 2.24) is 5.32 Å². The van der Waals surface area contributed by atoms with Gasteiger partial charge in [-0.15, -0.1) is 11.8 Å². The second kappa shape index (κ2) is 5.83. The molecule has 1 N–H and O–H groups in total. The Morgan fingerprint density at radius 2 is 2.11 bits per heavy atom. The largest absolute Gasteiger partial charge is 0.379 e. The molecule has 2 rings (SSSR count). The first-order valence-corrected chi connectivity index (χ1v) is 7.48. The minimum atomic E-state index is 0.111. The number of hydrogen-bond donors (Lipinski definition) is 1. The van der Waals surface area contributed by atoms with E-state index >= 15 is 0 Å². The summed E-state index contributed by atoms with van der Waals surface area (Å²) in [7, 11) is 0. The molecule has 1 aromatic rings. The Kier molecular flexibility index (Phi) is 4.59. The van der Waals surface area contributed by atoms with Crippen molar-refractivity contribution in [3.05, 3.63) is 28.8 Å². The highest BCUT2D eigenvalue weighted by molar-refractivity contribution is 8.00. The molecule has 2 nitrogen and oxygen atoms in total. The van der Waals surface area contributed by atoms with E-state index in [0.29, 0.717) is 5.25 Å². The number of halogens is 1. The molecule has 1 heterocycles. The molecule has 0 aliphatic carbocycles. The molecule has 100 valence electrons. The summed E-state index contributed by atoms with van der Waals surface area (Å²) >= 11 is 8.17. The van der Waals surface area contributed by atoms with Gasteiger partial charge in [-0.2, -0.15) is 0 Å². The van der Waals surface area contributed by atoms with Gasteiger partial charge in [-0.3, -0.25) is 0 Å². The van der Waals surface area contributed by atoms with Gasteiger partial charge >= 0.3 is 0 Å². The van der Waals surface area contributed by atoms with Crippen LogP contribution in [-0.2, 0) is 11.3 Å². The van der Waals surface area contributed by atoms with Crippen LogP contribution < -0.4 is 5.32 Å². The van der Waals surface area contributed by atoms with Crippen LogP contribution in [0.1, 0.15) is 26.3 Å². The van der Waals surface area contributed by atoms with E-state index < -0.39 is 0 Å². The number of thioether (sulfide) groups is 1. The van der Waals surface area contributed by atoms with Gasteiger partial charge in [0.25, 0.3) is 0 Å². The summed E-state index contributed by atoms with van der Waals surface area (Å²) in [6.45, 7) is 8.98. The first-order valence-electron chi connectivity index (χ1n) is 6.22. The van der Waals surface area contributed by atoms with E-state index in [4.69, 9.17) is 16.3 Å². The van der Waals surface area contributed by atoms with E-state index in [1.165, 1.54) is 4.90 Å². The molecule has 1 saturated heterocycles. The summed E-state index contributed by atoms with van der Waals surface area (Å²) < 4.78 is 5.17. The molecule has 0 spiro atoms. The smallest absolute Gasteiger partial charge is 0.0611 e. The molecule has 0 aromatic heterocycles. The van der Waals surface area contributed by atoms with E-state index in [1.807, 2.05) is 11.8 Å². The number of hydrogen-bond acceptors (Lipinski definition) is 3. The summed E-state index contributed by atoms with van der Waals surface area (Å²) in [5, 5.41) is 4.89. The lowest BCUT2D eigenvalue weighted by Gasteiger charge is -2.25. The molecular weight excluding hydrogens is 266 g/mol. The molecule has 0 radical (unpaired) electrons. The Balaban J connectivity index is 1.96. The molecule has 0 saturated carbocycles. The van der Waals surface area contributed by atoms with Gasteiger partial charge in [0.1, 0.15) is 0 Å². The lowest BCUT2D eigenvalue weighted by atomic mass is 10.1. The van der Waals surface area contributed by atoms with Gasteiger partial charge in [-0.25, -0.2) is 0 Å². The number of benzene rings is 1. The molecule has 1 fully saturated rings. The van der Waals surface area contributed by atoms with Crippen molar-refractivity contribution in [3.63, 3.8) is 0 Å². The minimum Gasteiger partial charge on any atom is -0.379 e. The zero-order valence-electron chi connectivity index (χ0n) is 11.1. The summed E-state index contributed by atoms with van der Waals surface area (Å²) in [5.74, 6) is 0. The highest BCUT2D eigenvalue weighted by Crippen LogP contribution is 2.31. The van der Waals surface area contributed by atoms with E-state index in [0.717, 1.165) is 30.3 Å². The normalized spacial score (nSPS) is 16.7. The van der Waals surface area contributed by atoms with Crippen LogP contribution in [0.15, 0.2) is 23.1 Å². The van der Waals surface area contributed by atoms with Crippen LogP contribution in [0, 0.1) is 0 Å². The van der Waals surface area contributed by atoms with E-state index in [-0.39, 0.29) is 5.54 Å². The topological polar surface area (TPSA) is 21.3 Å². The third-order valence-electron chi connectivity index (χ3n) is 2.74. The van der Waals surface area contributed by atoms with Crippen LogP contribution in [0.2, 0.25) is 5.02 Å². The average Bonchev–Trinajstić information content (AvgIpc) is 2.21. The monoisotopic (exact) mass is 285 g/mol. The summed E-state index contributed by atoms with van der Waals surface area (Å²) in [6, 6.07) is 6.32. The van der Waals surface area contributed by atoms with E-state index in [1.54, 1.807) is 0 Å². The fourth-order valence-electron chi connectivity index (χ4n) is 1.58. The van der Waals surface area contributed by atoms with Gasteiger partial charge in [0, 0.05) is 22.0 Å². The van der Waals surface area contributed by atoms with Crippen LogP contribution >= 0.6 is 23.4 Å². The highest BCUT2D eigenvalue weighted by atomic mass is 35.5. The minimum absolute atomic E-state index is 0.111. The lowest BCUT2D eigenvalue weighted by molar-refractivity contribution is 0.0455. The fourth-order valence-corrected chi connectivity index (χ4v) is 2.94. The molecule has 0 atom stereocenters. The van der Waals surface area contributed by atoms with Gasteiger partial charge in [0.05, 0.1) is 18.5 Å². The SMILES string of the molecule is CC(C)(C)NCc1ccc(SC2COC2)cc1Cl. The first kappa shape index (κ1) is 14.2. The summed E-state index contributed by atoms with van der Waals surface area (Å²) in [4.78, 5) is 1.23. The predicted molar refractivity (Wildman–Crippen MR) is 78.5 cm³/mol. The van der Waals surface area contributed by atoms with E-state index in [9.17, 15) is 0 Å². The lowest BCUT2D eigenvalue weighted by Crippen LogP contribution is -2.35. The van der Waals surface area contributed by atoms with Crippen molar-refractivity contribution in [3.8, 4) is 0 Å².